The van der Waals surface area contributed by atoms with Crippen molar-refractivity contribution < 1.29 is 4.79 Å². The molecule has 0 N–H and O–H groups in total. The third-order valence-corrected chi connectivity index (χ3v) is 1.51. The van der Waals surface area contributed by atoms with Crippen molar-refractivity contribution in [1.29, 1.82) is 0 Å². The minimum atomic E-state index is 0.279. The van der Waals surface area contributed by atoms with Gasteiger partial charge in [0.1, 0.15) is 5.78 Å². The van der Waals surface area contributed by atoms with E-state index in [1.165, 1.54) is 0 Å². The molecule has 0 amide bonds. The molecule has 0 aromatic heterocycles. The summed E-state index contributed by atoms with van der Waals surface area (Å²) in [6.07, 6.45) is 3.26. The van der Waals surface area contributed by atoms with E-state index in [0.29, 0.717) is 19.4 Å². The lowest BCUT2D eigenvalue weighted by Gasteiger charge is -1.94. The molecule has 0 bridgehead atoms. The van der Waals surface area contributed by atoms with Crippen LogP contribution in [0.15, 0.2) is 4.99 Å². The van der Waals surface area contributed by atoms with Gasteiger partial charge in [-0.15, -0.1) is 0 Å². The molecule has 62 valence electrons. The van der Waals surface area contributed by atoms with Crippen LogP contribution in [0.25, 0.3) is 0 Å². The van der Waals surface area contributed by atoms with E-state index in [4.69, 9.17) is 0 Å². The zero-order valence-electron chi connectivity index (χ0n) is 6.80. The third kappa shape index (κ3) is 7.37. The van der Waals surface area contributed by atoms with Crippen molar-refractivity contribution in [3.05, 3.63) is 0 Å². The van der Waals surface area contributed by atoms with Gasteiger partial charge in [-0.3, -0.25) is 4.79 Å². The Balaban J connectivity index is 3.29. The summed E-state index contributed by atoms with van der Waals surface area (Å²) < 4.78 is 0. The maximum atomic E-state index is 11.0. The van der Waals surface area contributed by atoms with Crippen molar-refractivity contribution in [1.82, 2.24) is 0 Å². The summed E-state index contributed by atoms with van der Waals surface area (Å²) in [7, 11) is 0. The average molecular weight is 171 g/mol. The summed E-state index contributed by atoms with van der Waals surface area (Å²) in [6.45, 7) is 2.58. The van der Waals surface area contributed by atoms with Crippen molar-refractivity contribution in [2.24, 2.45) is 4.99 Å². The van der Waals surface area contributed by atoms with Crippen LogP contribution in [-0.4, -0.2) is 17.5 Å². The molecule has 0 saturated carbocycles. The Hall–Kier alpha value is -0.530. The molecule has 0 fully saturated rings. The van der Waals surface area contributed by atoms with E-state index in [1.54, 1.807) is 0 Å². The van der Waals surface area contributed by atoms with E-state index >= 15 is 0 Å². The van der Waals surface area contributed by atoms with Crippen LogP contribution in [0, 0.1) is 0 Å². The summed E-state index contributed by atoms with van der Waals surface area (Å²) >= 11 is 4.36. The standard InChI is InChI=1S/C8H13NOS/c1-2-3-4-8(10)5-6-9-7-11/h2-6H2,1H3. The minimum absolute atomic E-state index is 0.279. The average Bonchev–Trinajstić information content (AvgIpc) is 2.01. The van der Waals surface area contributed by atoms with Gasteiger partial charge in [0.05, 0.1) is 11.7 Å². The first kappa shape index (κ1) is 10.5. The smallest absolute Gasteiger partial charge is 0.134 e. The largest absolute Gasteiger partial charge is 0.300 e. The second-order valence-electron chi connectivity index (χ2n) is 2.37. The Kier molecular flexibility index (Phi) is 7.21. The summed E-state index contributed by atoms with van der Waals surface area (Å²) in [6, 6.07) is 0. The van der Waals surface area contributed by atoms with Crippen LogP contribution in [-0.2, 0) is 4.79 Å². The lowest BCUT2D eigenvalue weighted by atomic mass is 10.1. The maximum absolute atomic E-state index is 11.0. The van der Waals surface area contributed by atoms with Gasteiger partial charge in [0, 0.05) is 12.8 Å². The highest BCUT2D eigenvalue weighted by Crippen LogP contribution is 1.97. The summed E-state index contributed by atoms with van der Waals surface area (Å²) in [4.78, 5) is 14.6. The lowest BCUT2D eigenvalue weighted by Crippen LogP contribution is -1.98. The van der Waals surface area contributed by atoms with Gasteiger partial charge in [0.25, 0.3) is 0 Å². The highest BCUT2D eigenvalue weighted by Gasteiger charge is 1.98. The second kappa shape index (κ2) is 7.58. The minimum Gasteiger partial charge on any atom is -0.300 e. The molecule has 0 aliphatic carbocycles. The topological polar surface area (TPSA) is 29.4 Å². The lowest BCUT2D eigenvalue weighted by molar-refractivity contribution is -0.118. The predicted octanol–water partition coefficient (Wildman–Crippen LogP) is 2.24. The summed E-state index contributed by atoms with van der Waals surface area (Å²) in [5.41, 5.74) is 0. The molecule has 0 aromatic carbocycles. The zero-order valence-corrected chi connectivity index (χ0v) is 7.62. The quantitative estimate of drug-likeness (QED) is 0.453. The Morgan fingerprint density at radius 3 is 2.82 bits per heavy atom. The number of thiocarbonyl (C=S) groups is 1. The fourth-order valence-electron chi connectivity index (χ4n) is 0.725. The number of Topliss-reactive ketones (excluding diaryl/α,β-unsaturated/α-hetero) is 1. The van der Waals surface area contributed by atoms with Crippen molar-refractivity contribution in [3.63, 3.8) is 0 Å². The third-order valence-electron chi connectivity index (χ3n) is 1.38. The van der Waals surface area contributed by atoms with Crippen LogP contribution in [0.5, 0.6) is 0 Å². The molecular weight excluding hydrogens is 158 g/mol. The van der Waals surface area contributed by atoms with Gasteiger partial charge in [-0.25, -0.2) is 4.99 Å². The van der Waals surface area contributed by atoms with Gasteiger partial charge in [-0.2, -0.15) is 0 Å². The molecule has 0 radical (unpaired) electrons. The molecule has 0 aromatic rings. The molecule has 0 aliphatic rings. The Morgan fingerprint density at radius 2 is 2.27 bits per heavy atom. The molecule has 0 unspecified atom stereocenters. The van der Waals surface area contributed by atoms with E-state index in [2.05, 4.69) is 29.3 Å². The molecule has 0 heterocycles. The first-order chi connectivity index (χ1) is 5.31. The number of carbonyl (C=O) groups excluding carboxylic acids is 1. The SMILES string of the molecule is CCCCC(=O)CCN=C=S. The number of isothiocyanates is 1. The Labute approximate surface area is 72.7 Å². The molecular formula is C8H13NOS. The number of hydrogen-bond donors (Lipinski definition) is 0. The second-order valence-corrected chi connectivity index (χ2v) is 2.55. The number of rotatable bonds is 6. The predicted molar refractivity (Wildman–Crippen MR) is 49.0 cm³/mol. The molecule has 0 saturated heterocycles. The van der Waals surface area contributed by atoms with Crippen molar-refractivity contribution in [3.8, 4) is 0 Å². The molecule has 2 nitrogen and oxygen atoms in total. The molecule has 0 atom stereocenters. The number of aliphatic imine (C=N–C) groups is 1. The first-order valence-electron chi connectivity index (χ1n) is 3.86. The van der Waals surface area contributed by atoms with Crippen molar-refractivity contribution in [2.45, 2.75) is 32.6 Å². The van der Waals surface area contributed by atoms with Gasteiger partial charge in [0.2, 0.25) is 0 Å². The van der Waals surface area contributed by atoms with E-state index in [1.807, 2.05) is 0 Å². The van der Waals surface area contributed by atoms with Crippen LogP contribution in [0.3, 0.4) is 0 Å². The molecule has 3 heteroatoms. The van der Waals surface area contributed by atoms with E-state index < -0.39 is 0 Å². The number of hydrogen-bond acceptors (Lipinski definition) is 3. The normalized spacial score (nSPS) is 8.82. The van der Waals surface area contributed by atoms with E-state index in [0.717, 1.165) is 12.8 Å². The summed E-state index contributed by atoms with van der Waals surface area (Å²) in [5, 5.41) is 2.24. The van der Waals surface area contributed by atoms with Crippen LogP contribution in [0.2, 0.25) is 0 Å². The number of unbranched alkanes of at least 4 members (excludes halogenated alkanes) is 1. The van der Waals surface area contributed by atoms with Gasteiger partial charge in [-0.05, 0) is 18.6 Å². The van der Waals surface area contributed by atoms with Crippen molar-refractivity contribution >= 4 is 23.2 Å². The van der Waals surface area contributed by atoms with Gasteiger partial charge in [0.15, 0.2) is 0 Å². The van der Waals surface area contributed by atoms with Gasteiger partial charge >= 0.3 is 0 Å². The zero-order chi connectivity index (χ0) is 8.53. The Morgan fingerprint density at radius 1 is 1.55 bits per heavy atom. The van der Waals surface area contributed by atoms with E-state index in [-0.39, 0.29) is 5.78 Å². The fourth-order valence-corrected chi connectivity index (χ4v) is 0.816. The monoisotopic (exact) mass is 171 g/mol. The Bertz CT molecular complexity index is 161. The van der Waals surface area contributed by atoms with Gasteiger partial charge in [-0.1, -0.05) is 13.3 Å². The highest BCUT2D eigenvalue weighted by atomic mass is 32.1. The van der Waals surface area contributed by atoms with Crippen LogP contribution in [0.4, 0.5) is 0 Å². The number of ketones is 1. The molecule has 0 spiro atoms. The van der Waals surface area contributed by atoms with Crippen molar-refractivity contribution in [2.75, 3.05) is 6.54 Å². The molecule has 0 rings (SSSR count). The first-order valence-corrected chi connectivity index (χ1v) is 4.27. The summed E-state index contributed by atoms with van der Waals surface area (Å²) in [5.74, 6) is 0.279. The fraction of sp³-hybridized carbons (Fsp3) is 0.750. The number of carbonyl (C=O) groups is 1. The maximum Gasteiger partial charge on any atom is 0.134 e. The van der Waals surface area contributed by atoms with E-state index in [9.17, 15) is 4.79 Å². The van der Waals surface area contributed by atoms with Crippen LogP contribution < -0.4 is 0 Å². The number of nitrogens with zero attached hydrogens (tertiary/aromatic N) is 1. The van der Waals surface area contributed by atoms with Gasteiger partial charge < -0.3 is 0 Å². The van der Waals surface area contributed by atoms with Crippen LogP contribution >= 0.6 is 12.2 Å². The highest BCUT2D eigenvalue weighted by molar-refractivity contribution is 7.78. The van der Waals surface area contributed by atoms with Crippen LogP contribution in [0.1, 0.15) is 32.6 Å². The molecule has 0 aliphatic heterocycles. The molecule has 11 heavy (non-hydrogen) atoms.